The van der Waals surface area contributed by atoms with Crippen molar-refractivity contribution in [3.8, 4) is 34.5 Å². The Bertz CT molecular complexity index is 882. The van der Waals surface area contributed by atoms with Crippen molar-refractivity contribution in [1.29, 1.82) is 0 Å². The van der Waals surface area contributed by atoms with Crippen molar-refractivity contribution in [3.63, 3.8) is 0 Å². The van der Waals surface area contributed by atoms with Gasteiger partial charge in [-0.3, -0.25) is 0 Å². The molecule has 0 aromatic heterocycles. The molecular formula is C22H28FNO8. The summed E-state index contributed by atoms with van der Waals surface area (Å²) in [6.45, 7) is 3.45. The Morgan fingerprint density at radius 2 is 1.16 bits per heavy atom. The number of carbonyl (C=O) groups excluding carboxylic acids is 1. The maximum atomic E-state index is 11.8. The molecule has 10 heteroatoms. The van der Waals surface area contributed by atoms with Gasteiger partial charge in [-0.15, -0.1) is 0 Å². The van der Waals surface area contributed by atoms with E-state index in [2.05, 4.69) is 11.5 Å². The minimum Gasteiger partial charge on any atom is -0.493 e. The zero-order chi connectivity index (χ0) is 24.3. The van der Waals surface area contributed by atoms with Crippen LogP contribution in [0.15, 0.2) is 36.4 Å². The summed E-state index contributed by atoms with van der Waals surface area (Å²) in [6.07, 6.45) is 0.111. The van der Waals surface area contributed by atoms with Gasteiger partial charge in [0.2, 0.25) is 11.5 Å². The number of methoxy groups -OCH3 is 6. The monoisotopic (exact) mass is 453 g/mol. The lowest BCUT2D eigenvalue weighted by Gasteiger charge is -2.14. The molecular weight excluding hydrogens is 425 g/mol. The van der Waals surface area contributed by atoms with Crippen LogP contribution in [-0.4, -0.2) is 48.6 Å². The van der Waals surface area contributed by atoms with Crippen LogP contribution in [0.5, 0.6) is 34.5 Å². The number of benzene rings is 2. The Morgan fingerprint density at radius 3 is 1.47 bits per heavy atom. The molecule has 0 atom stereocenters. The molecule has 0 aliphatic carbocycles. The first-order valence-electron chi connectivity index (χ1n) is 9.15. The summed E-state index contributed by atoms with van der Waals surface area (Å²) >= 11 is 0. The molecule has 2 rings (SSSR count). The van der Waals surface area contributed by atoms with Crippen molar-refractivity contribution in [2.45, 2.75) is 6.42 Å². The normalized spacial score (nSPS) is 9.59. The fourth-order valence-corrected chi connectivity index (χ4v) is 2.71. The average molecular weight is 453 g/mol. The smallest absolute Gasteiger partial charge is 0.375 e. The molecule has 0 fully saturated rings. The van der Waals surface area contributed by atoms with Gasteiger partial charge in [0, 0.05) is 34.3 Å². The number of hydrogen-bond acceptors (Lipinski definition) is 9. The molecule has 0 saturated carbocycles. The Hall–Kier alpha value is -3.82. The molecule has 0 radical (unpaired) electrons. The van der Waals surface area contributed by atoms with Gasteiger partial charge in [-0.25, -0.2) is 9.74 Å². The first kappa shape index (κ1) is 26.2. The van der Waals surface area contributed by atoms with Crippen molar-refractivity contribution < 1.29 is 42.7 Å². The number of carbonyl (C=O) groups is 1. The number of rotatable bonds is 9. The van der Waals surface area contributed by atoms with Crippen molar-refractivity contribution in [3.05, 3.63) is 42.0 Å². The van der Waals surface area contributed by atoms with Gasteiger partial charge < -0.3 is 34.2 Å². The number of ether oxygens (including phenoxy) is 6. The van der Waals surface area contributed by atoms with E-state index < -0.39 is 5.97 Å². The van der Waals surface area contributed by atoms with Gasteiger partial charge in [-0.1, -0.05) is 6.58 Å². The fourth-order valence-electron chi connectivity index (χ4n) is 2.71. The van der Waals surface area contributed by atoms with E-state index in [9.17, 15) is 9.32 Å². The van der Waals surface area contributed by atoms with Crippen molar-refractivity contribution in [1.82, 2.24) is 0 Å². The zero-order valence-corrected chi connectivity index (χ0v) is 18.9. The highest BCUT2D eigenvalue weighted by Crippen LogP contribution is 2.39. The van der Waals surface area contributed by atoms with E-state index >= 15 is 0 Å². The molecule has 0 spiro atoms. The third-order valence-electron chi connectivity index (χ3n) is 4.19. The maximum Gasteiger partial charge on any atom is 0.375 e. The lowest BCUT2D eigenvalue weighted by molar-refractivity contribution is -0.178. The zero-order valence-electron chi connectivity index (χ0n) is 18.9. The van der Waals surface area contributed by atoms with Crippen molar-refractivity contribution in [2.75, 3.05) is 48.4 Å². The Labute approximate surface area is 186 Å². The van der Waals surface area contributed by atoms with E-state index in [1.807, 2.05) is 0 Å². The van der Waals surface area contributed by atoms with Crippen LogP contribution in [-0.2, 0) is 16.2 Å². The highest BCUT2D eigenvalue weighted by molar-refractivity contribution is 5.87. The van der Waals surface area contributed by atoms with Gasteiger partial charge in [0.15, 0.2) is 23.0 Å². The van der Waals surface area contributed by atoms with Gasteiger partial charge >= 0.3 is 5.97 Å². The number of anilines is 1. The predicted molar refractivity (Wildman–Crippen MR) is 117 cm³/mol. The van der Waals surface area contributed by atoms with Gasteiger partial charge in [0.1, 0.15) is 0 Å². The standard InChI is InChI=1S/C13H15FO5.C9H13NO3/c1-8(13(15)19-14)5-9-6-10(16-2)12(18-4)11(7-9)17-3;1-11-7-4-6(10)5-8(12-2)9(7)13-3/h6-7H,1,5H2,2-4H3;4-5H,10H2,1-3H3. The first-order valence-corrected chi connectivity index (χ1v) is 9.15. The molecule has 2 aromatic carbocycles. The summed E-state index contributed by atoms with van der Waals surface area (Å²) in [7, 11) is 9.10. The molecule has 2 aromatic rings. The van der Waals surface area contributed by atoms with E-state index in [4.69, 9.17) is 34.2 Å². The van der Waals surface area contributed by atoms with Gasteiger partial charge in [-0.2, -0.15) is 0 Å². The van der Waals surface area contributed by atoms with Crippen LogP contribution in [0.25, 0.3) is 0 Å². The molecule has 0 bridgehead atoms. The van der Waals surface area contributed by atoms with Crippen LogP contribution in [0.4, 0.5) is 10.2 Å². The highest BCUT2D eigenvalue weighted by Gasteiger charge is 2.16. The molecule has 0 heterocycles. The molecule has 9 nitrogen and oxygen atoms in total. The Kier molecular flexibility index (Phi) is 10.5. The van der Waals surface area contributed by atoms with E-state index in [1.54, 1.807) is 45.6 Å². The Balaban J connectivity index is 0.000000343. The Morgan fingerprint density at radius 1 is 0.781 bits per heavy atom. The fraction of sp³-hybridized carbons (Fsp3) is 0.318. The lowest BCUT2D eigenvalue weighted by Crippen LogP contribution is -2.05. The summed E-state index contributed by atoms with van der Waals surface area (Å²) in [4.78, 5) is 14.1. The SMILES string of the molecule is C=C(Cc1cc(OC)c(OC)c(OC)c1)C(=O)OF.COc1cc(N)cc(OC)c1OC. The van der Waals surface area contributed by atoms with E-state index in [0.29, 0.717) is 45.7 Å². The molecule has 2 N–H and O–H groups in total. The summed E-state index contributed by atoms with van der Waals surface area (Å²) < 4.78 is 42.5. The third-order valence-corrected chi connectivity index (χ3v) is 4.19. The van der Waals surface area contributed by atoms with Crippen LogP contribution >= 0.6 is 0 Å². The van der Waals surface area contributed by atoms with Crippen molar-refractivity contribution >= 4 is 11.7 Å². The third kappa shape index (κ3) is 6.59. The minimum absolute atomic E-state index is 0.0169. The van der Waals surface area contributed by atoms with E-state index in [-0.39, 0.29) is 12.0 Å². The summed E-state index contributed by atoms with van der Waals surface area (Å²) in [6, 6.07) is 6.67. The molecule has 0 amide bonds. The van der Waals surface area contributed by atoms with E-state index in [0.717, 1.165) is 0 Å². The molecule has 0 unspecified atom stereocenters. The van der Waals surface area contributed by atoms with E-state index in [1.165, 1.54) is 21.3 Å². The second-order valence-corrected chi connectivity index (χ2v) is 6.14. The first-order chi connectivity index (χ1) is 15.3. The molecule has 32 heavy (non-hydrogen) atoms. The summed E-state index contributed by atoms with van der Waals surface area (Å²) in [5.74, 6) is 1.91. The van der Waals surface area contributed by atoms with Crippen LogP contribution in [0.1, 0.15) is 5.56 Å². The maximum absolute atomic E-state index is 11.8. The number of hydrogen-bond donors (Lipinski definition) is 1. The quantitative estimate of drug-likeness (QED) is 0.450. The van der Waals surface area contributed by atoms with Gasteiger partial charge in [-0.05, 0) is 17.7 Å². The number of halogens is 1. The molecule has 176 valence electrons. The van der Waals surface area contributed by atoms with Crippen molar-refractivity contribution in [2.24, 2.45) is 0 Å². The average Bonchev–Trinajstić information content (AvgIpc) is 2.82. The summed E-state index contributed by atoms with van der Waals surface area (Å²) in [5.41, 5.74) is 6.84. The van der Waals surface area contributed by atoms with Gasteiger partial charge in [0.25, 0.3) is 0 Å². The van der Waals surface area contributed by atoms with Crippen LogP contribution in [0, 0.1) is 0 Å². The number of nitrogen functional groups attached to an aromatic ring is 1. The number of nitrogens with two attached hydrogens (primary N) is 1. The molecule has 0 aliphatic heterocycles. The summed E-state index contributed by atoms with van der Waals surface area (Å²) in [5, 5.41) is 0. The largest absolute Gasteiger partial charge is 0.493 e. The molecule has 0 saturated heterocycles. The van der Waals surface area contributed by atoms with Crippen LogP contribution in [0.3, 0.4) is 0 Å². The lowest BCUT2D eigenvalue weighted by atomic mass is 10.1. The predicted octanol–water partition coefficient (Wildman–Crippen LogP) is 3.53. The van der Waals surface area contributed by atoms with Crippen LogP contribution < -0.4 is 34.2 Å². The second kappa shape index (κ2) is 12.8. The van der Waals surface area contributed by atoms with Gasteiger partial charge in [0.05, 0.1) is 42.7 Å². The molecule has 0 aliphatic rings. The topological polar surface area (TPSA) is 108 Å². The minimum atomic E-state index is -1.10. The van der Waals surface area contributed by atoms with Crippen LogP contribution in [0.2, 0.25) is 0 Å². The second-order valence-electron chi connectivity index (χ2n) is 6.14. The highest BCUT2D eigenvalue weighted by atomic mass is 19.3.